The number of benzene rings is 2. The molecule has 0 unspecified atom stereocenters. The second-order valence-corrected chi connectivity index (χ2v) is 11.2. The molecule has 10 N–H and O–H groups in total. The van der Waals surface area contributed by atoms with E-state index in [-0.39, 0.29) is 37.3 Å². The fourth-order valence-electron chi connectivity index (χ4n) is 4.71. The molecule has 252 valence electrons. The summed E-state index contributed by atoms with van der Waals surface area (Å²) in [5, 5.41) is 39.5. The standard InChI is InChI=1S/C32H41N7O8/c1-3-18(2)28(31(45)38-26(32(46)47)14-21-16-34-17-35-21)39-30(44)25(13-20-6-10-23(41)11-7-20)37-29(43)24(36-27(42)15-33)12-19-4-8-22(40)9-5-19/h4-11,16-18,24-26,28,40-41H,3,12-15,33H2,1-2H3,(H,34,35)(H,36,42)(H,37,43)(H,38,45)(H,39,44)(H,46,47)/t18-,24-,25-,26-,28-/m0/s1. The fourth-order valence-corrected chi connectivity index (χ4v) is 4.71. The number of amides is 4. The third-order valence-electron chi connectivity index (χ3n) is 7.61. The van der Waals surface area contributed by atoms with Gasteiger partial charge in [0.1, 0.15) is 35.7 Å². The van der Waals surface area contributed by atoms with Crippen molar-refractivity contribution in [2.75, 3.05) is 6.54 Å². The van der Waals surface area contributed by atoms with Crippen LogP contribution < -0.4 is 27.0 Å². The lowest BCUT2D eigenvalue weighted by atomic mass is 9.96. The molecule has 0 aliphatic carbocycles. The van der Waals surface area contributed by atoms with E-state index in [0.29, 0.717) is 23.2 Å². The first-order chi connectivity index (χ1) is 22.4. The topological polar surface area (TPSA) is 249 Å². The van der Waals surface area contributed by atoms with Gasteiger partial charge in [0.25, 0.3) is 0 Å². The minimum Gasteiger partial charge on any atom is -0.508 e. The number of aliphatic carboxylic acids is 1. The summed E-state index contributed by atoms with van der Waals surface area (Å²) in [6, 6.07) is 7.10. The van der Waals surface area contributed by atoms with Crippen molar-refractivity contribution in [2.45, 2.75) is 63.7 Å². The zero-order valence-corrected chi connectivity index (χ0v) is 26.1. The summed E-state index contributed by atoms with van der Waals surface area (Å²) in [4.78, 5) is 71.8. The number of carboxylic acids is 1. The number of aromatic nitrogens is 2. The number of carboxylic acid groups (broad SMARTS) is 1. The Morgan fingerprint density at radius 3 is 1.74 bits per heavy atom. The van der Waals surface area contributed by atoms with Gasteiger partial charge in [-0.1, -0.05) is 44.5 Å². The Bertz CT molecular complexity index is 1500. The average molecular weight is 652 g/mol. The number of nitrogens with one attached hydrogen (secondary N) is 5. The first-order valence-electron chi connectivity index (χ1n) is 15.1. The third kappa shape index (κ3) is 11.1. The first-order valence-corrected chi connectivity index (χ1v) is 15.1. The van der Waals surface area contributed by atoms with Crippen LogP contribution in [0.4, 0.5) is 0 Å². The van der Waals surface area contributed by atoms with Crippen molar-refractivity contribution >= 4 is 29.6 Å². The van der Waals surface area contributed by atoms with Gasteiger partial charge in [0.15, 0.2) is 0 Å². The summed E-state index contributed by atoms with van der Waals surface area (Å²) in [5.74, 6) is -4.49. The summed E-state index contributed by atoms with van der Waals surface area (Å²) in [7, 11) is 0. The van der Waals surface area contributed by atoms with Crippen molar-refractivity contribution in [3.63, 3.8) is 0 Å². The van der Waals surface area contributed by atoms with Gasteiger partial charge in [0, 0.05) is 31.2 Å². The highest BCUT2D eigenvalue weighted by Gasteiger charge is 2.33. The number of hydrogen-bond acceptors (Lipinski definition) is 9. The molecule has 15 heteroatoms. The van der Waals surface area contributed by atoms with Crippen LogP contribution in [0.2, 0.25) is 0 Å². The number of rotatable bonds is 17. The van der Waals surface area contributed by atoms with E-state index in [9.17, 15) is 39.3 Å². The number of nitrogens with two attached hydrogens (primary N) is 1. The minimum atomic E-state index is -1.31. The van der Waals surface area contributed by atoms with Gasteiger partial charge in [-0.15, -0.1) is 0 Å². The summed E-state index contributed by atoms with van der Waals surface area (Å²) in [5.41, 5.74) is 7.14. The minimum absolute atomic E-state index is 0.00568. The van der Waals surface area contributed by atoms with E-state index in [2.05, 4.69) is 31.2 Å². The molecule has 0 radical (unpaired) electrons. The second-order valence-electron chi connectivity index (χ2n) is 11.2. The molecule has 0 saturated carbocycles. The summed E-state index contributed by atoms with van der Waals surface area (Å²) >= 11 is 0. The molecule has 4 amide bonds. The van der Waals surface area contributed by atoms with Crippen molar-refractivity contribution in [1.29, 1.82) is 0 Å². The van der Waals surface area contributed by atoms with E-state index in [1.165, 1.54) is 36.8 Å². The molecule has 1 heterocycles. The van der Waals surface area contributed by atoms with Crippen LogP contribution in [0.1, 0.15) is 37.1 Å². The summed E-state index contributed by atoms with van der Waals surface area (Å²) in [6.07, 6.45) is 3.16. The van der Waals surface area contributed by atoms with Crippen molar-refractivity contribution in [1.82, 2.24) is 31.2 Å². The number of hydrogen-bond donors (Lipinski definition) is 9. The van der Waals surface area contributed by atoms with Crippen LogP contribution in [0.25, 0.3) is 0 Å². The van der Waals surface area contributed by atoms with Gasteiger partial charge in [0.05, 0.1) is 12.9 Å². The van der Waals surface area contributed by atoms with E-state index in [1.807, 2.05) is 0 Å². The van der Waals surface area contributed by atoms with E-state index in [4.69, 9.17) is 5.73 Å². The number of H-pyrrole nitrogens is 1. The Labute approximate surface area is 271 Å². The van der Waals surface area contributed by atoms with Crippen molar-refractivity contribution in [3.05, 3.63) is 77.9 Å². The van der Waals surface area contributed by atoms with Gasteiger partial charge in [-0.3, -0.25) is 19.2 Å². The number of nitrogens with zero attached hydrogens (tertiary/aromatic N) is 1. The van der Waals surface area contributed by atoms with E-state index < -0.39 is 59.7 Å². The third-order valence-corrected chi connectivity index (χ3v) is 7.61. The normalized spacial score (nSPS) is 14.1. The van der Waals surface area contributed by atoms with Gasteiger partial charge < -0.3 is 47.3 Å². The number of aromatic hydroxyl groups is 2. The largest absolute Gasteiger partial charge is 0.508 e. The molecule has 0 bridgehead atoms. The SMILES string of the molecule is CC[C@H](C)[C@H](NC(=O)[C@H](Cc1ccc(O)cc1)NC(=O)[C@H](Cc1ccc(O)cc1)NC(=O)CN)C(=O)N[C@@H](Cc1cnc[nH]1)C(=O)O. The van der Waals surface area contributed by atoms with Gasteiger partial charge in [-0.25, -0.2) is 9.78 Å². The molecular weight excluding hydrogens is 610 g/mol. The summed E-state index contributed by atoms with van der Waals surface area (Å²) in [6.45, 7) is 3.14. The Kier molecular flexibility index (Phi) is 13.3. The maximum absolute atomic E-state index is 13.8. The molecule has 15 nitrogen and oxygen atoms in total. The molecule has 3 rings (SSSR count). The first kappa shape index (κ1) is 36.0. The molecule has 0 fully saturated rings. The molecule has 0 aliphatic rings. The average Bonchev–Trinajstić information content (AvgIpc) is 3.57. The zero-order valence-electron chi connectivity index (χ0n) is 26.1. The summed E-state index contributed by atoms with van der Waals surface area (Å²) < 4.78 is 0. The number of aromatic amines is 1. The lowest BCUT2D eigenvalue weighted by molar-refractivity contribution is -0.142. The molecule has 3 aromatic rings. The van der Waals surface area contributed by atoms with E-state index >= 15 is 0 Å². The van der Waals surface area contributed by atoms with Crippen molar-refractivity contribution in [3.8, 4) is 11.5 Å². The molecule has 1 aromatic heterocycles. The number of phenolic OH excluding ortho intramolecular Hbond substituents is 2. The van der Waals surface area contributed by atoms with Crippen LogP contribution in [-0.2, 0) is 43.2 Å². The Morgan fingerprint density at radius 1 is 0.766 bits per heavy atom. The monoisotopic (exact) mass is 651 g/mol. The fraction of sp³-hybridized carbons (Fsp3) is 0.375. The molecule has 5 atom stereocenters. The van der Waals surface area contributed by atoms with E-state index in [1.54, 1.807) is 38.1 Å². The molecule has 47 heavy (non-hydrogen) atoms. The molecule has 0 aliphatic heterocycles. The van der Waals surface area contributed by atoms with Crippen LogP contribution in [-0.4, -0.2) is 85.6 Å². The number of carbonyl (C=O) groups is 5. The number of phenols is 2. The molecule has 0 saturated heterocycles. The Hall–Kier alpha value is -5.44. The quantitative estimate of drug-likeness (QED) is 0.0936. The second kappa shape index (κ2) is 17.3. The van der Waals surface area contributed by atoms with Crippen molar-refractivity contribution < 1.29 is 39.3 Å². The van der Waals surface area contributed by atoms with Crippen molar-refractivity contribution in [2.24, 2.45) is 11.7 Å². The van der Waals surface area contributed by atoms with Gasteiger partial charge in [-0.2, -0.15) is 0 Å². The highest BCUT2D eigenvalue weighted by Crippen LogP contribution is 2.15. The Balaban J connectivity index is 1.86. The van der Waals surface area contributed by atoms with E-state index in [0.717, 1.165) is 0 Å². The highest BCUT2D eigenvalue weighted by atomic mass is 16.4. The smallest absolute Gasteiger partial charge is 0.326 e. The van der Waals surface area contributed by atoms with Crippen LogP contribution in [0, 0.1) is 5.92 Å². The van der Waals surface area contributed by atoms with Gasteiger partial charge >= 0.3 is 5.97 Å². The van der Waals surface area contributed by atoms with Crippen LogP contribution in [0.5, 0.6) is 11.5 Å². The lowest BCUT2D eigenvalue weighted by Crippen LogP contribution is -2.60. The maximum atomic E-state index is 13.8. The van der Waals surface area contributed by atoms with Crippen LogP contribution in [0.15, 0.2) is 61.1 Å². The zero-order chi connectivity index (χ0) is 34.5. The van der Waals surface area contributed by atoms with Crippen LogP contribution in [0.3, 0.4) is 0 Å². The predicted octanol–water partition coefficient (Wildman–Crippen LogP) is -0.123. The highest BCUT2D eigenvalue weighted by molar-refractivity contribution is 5.95. The van der Waals surface area contributed by atoms with Gasteiger partial charge in [0.2, 0.25) is 23.6 Å². The van der Waals surface area contributed by atoms with Gasteiger partial charge in [-0.05, 0) is 41.3 Å². The van der Waals surface area contributed by atoms with Crippen LogP contribution >= 0.6 is 0 Å². The molecule has 2 aromatic carbocycles. The molecule has 0 spiro atoms. The predicted molar refractivity (Wildman–Crippen MR) is 170 cm³/mol. The lowest BCUT2D eigenvalue weighted by Gasteiger charge is -2.28. The maximum Gasteiger partial charge on any atom is 0.326 e. The Morgan fingerprint density at radius 2 is 1.28 bits per heavy atom. The number of carbonyl (C=O) groups excluding carboxylic acids is 4. The molecular formula is C32H41N7O8. The number of imidazole rings is 1.